The van der Waals surface area contributed by atoms with E-state index in [1.165, 1.54) is 0 Å². The van der Waals surface area contributed by atoms with Crippen molar-refractivity contribution >= 4 is 5.97 Å². The Morgan fingerprint density at radius 1 is 0.631 bits per heavy atom. The topological polar surface area (TPSA) is 354 Å². The fraction of sp³-hybridized carbons (Fsp3) is 0.930. The maximum absolute atomic E-state index is 14.3. The highest BCUT2D eigenvalue weighted by Gasteiger charge is 2.69. The molecule has 22 nitrogen and oxygen atoms in total. The number of aliphatic hydroxyl groups is 13. The van der Waals surface area contributed by atoms with Crippen LogP contribution in [-0.2, 0) is 42.7 Å². The zero-order chi connectivity index (χ0) is 47.1. The fourth-order valence-corrected chi connectivity index (χ4v) is 13.2. The van der Waals surface area contributed by atoms with Gasteiger partial charge in [0.2, 0.25) is 6.29 Å². The molecule has 4 aliphatic carbocycles. The zero-order valence-corrected chi connectivity index (χ0v) is 36.5. The van der Waals surface area contributed by atoms with Gasteiger partial charge in [-0.05, 0) is 86.5 Å². The SMILES string of the molecule is C=C1CC23CCC4C(C)(C(=O)O[C@@H]5O[C@H](CO)[C@@H](O)[C@H](O)[C@H]5O)CCC[C@@]4(C)[C@H]2CC[C@]1(O[C@@H]1O[C@H](CO)[C@@H](O)[C@H](O[C@@H]2OC[C@@H](O)[C@H](O)[C@H]2O)[C@H]1O[C@@H]1O[C@H](CO)[C@@H](O)[C@H](O)[C@H]1O)C3. The number of fused-ring (bicyclic) bond motifs is 3. The van der Waals surface area contributed by atoms with Gasteiger partial charge in [0.25, 0.3) is 0 Å². The number of hydrogen-bond donors (Lipinski definition) is 13. The van der Waals surface area contributed by atoms with Crippen molar-refractivity contribution in [2.45, 2.75) is 194 Å². The summed E-state index contributed by atoms with van der Waals surface area (Å²) in [6.45, 7) is 5.86. The predicted molar refractivity (Wildman–Crippen MR) is 213 cm³/mol. The van der Waals surface area contributed by atoms with Crippen LogP contribution < -0.4 is 0 Å². The molecule has 0 radical (unpaired) electrons. The van der Waals surface area contributed by atoms with E-state index in [0.29, 0.717) is 51.4 Å². The van der Waals surface area contributed by atoms with Gasteiger partial charge >= 0.3 is 5.97 Å². The first kappa shape index (κ1) is 49.8. The third-order valence-electron chi connectivity index (χ3n) is 16.7. The molecule has 8 fully saturated rings. The number of aliphatic hydroxyl groups excluding tert-OH is 13. The van der Waals surface area contributed by atoms with E-state index in [1.54, 1.807) is 0 Å². The molecule has 0 aromatic heterocycles. The van der Waals surface area contributed by atoms with E-state index in [4.69, 9.17) is 37.9 Å². The first-order chi connectivity index (χ1) is 30.7. The number of hydrogen-bond acceptors (Lipinski definition) is 22. The molecule has 2 bridgehead atoms. The molecule has 8 aliphatic rings. The molecule has 4 saturated heterocycles. The van der Waals surface area contributed by atoms with E-state index in [0.717, 1.165) is 12.0 Å². The highest BCUT2D eigenvalue weighted by Crippen LogP contribution is 2.73. The Bertz CT molecular complexity index is 1710. The summed E-state index contributed by atoms with van der Waals surface area (Å²) < 4.78 is 48.1. The first-order valence-corrected chi connectivity index (χ1v) is 22.8. The van der Waals surface area contributed by atoms with Crippen LogP contribution in [0.1, 0.15) is 71.6 Å². The van der Waals surface area contributed by atoms with Crippen molar-refractivity contribution in [3.8, 4) is 0 Å². The molecule has 4 saturated carbocycles. The van der Waals surface area contributed by atoms with Crippen LogP contribution in [0.25, 0.3) is 0 Å². The summed E-state index contributed by atoms with van der Waals surface area (Å²) in [5.74, 6) is -0.751. The fourth-order valence-electron chi connectivity index (χ4n) is 13.2. The molecule has 372 valence electrons. The normalized spacial score (nSPS) is 54.7. The van der Waals surface area contributed by atoms with Crippen molar-refractivity contribution in [1.82, 2.24) is 0 Å². The summed E-state index contributed by atoms with van der Waals surface area (Å²) in [6, 6.07) is 0. The van der Waals surface area contributed by atoms with Crippen molar-refractivity contribution in [3.05, 3.63) is 12.2 Å². The van der Waals surface area contributed by atoms with E-state index < -0.39 is 166 Å². The largest absolute Gasteiger partial charge is 0.432 e. The van der Waals surface area contributed by atoms with Crippen LogP contribution in [0.15, 0.2) is 12.2 Å². The zero-order valence-electron chi connectivity index (χ0n) is 36.5. The standard InChI is InChI=1S/C43H68O22/c1-17-11-42-9-5-22-40(2,7-4-8-41(22,3)39(57)64-37-32(56)29(53)26(50)20(13-45)60-37)23(42)6-10-43(17,16-42)65-38-34(63-36-31(55)28(52)25(49)19(12-44)59-36)33(27(51)21(14-46)61-38)62-35-30(54)24(48)18(47)15-58-35/h18-38,44-56H,1,4-16H2,2-3H3/t18-,19-,20-,21-,22?,23-,24+,25-,26-,27-,28+,29+,30-,31-,32-,33+,34-,35+,36+,37+,38+,40-,41?,42?,43+/m1/s1. The second kappa shape index (κ2) is 18.6. The quantitative estimate of drug-likeness (QED) is 0.0528. The number of carbonyl (C=O) groups is 1. The van der Waals surface area contributed by atoms with Crippen LogP contribution in [-0.4, -0.2) is 221 Å². The highest BCUT2D eigenvalue weighted by atomic mass is 16.8. The first-order valence-electron chi connectivity index (χ1n) is 22.8. The maximum atomic E-state index is 14.3. The maximum Gasteiger partial charge on any atom is 0.314 e. The van der Waals surface area contributed by atoms with Crippen molar-refractivity contribution in [2.75, 3.05) is 26.4 Å². The third-order valence-corrected chi connectivity index (χ3v) is 16.7. The molecule has 13 N–H and O–H groups in total. The van der Waals surface area contributed by atoms with Crippen molar-refractivity contribution < 1.29 is 109 Å². The molecule has 8 rings (SSSR count). The monoisotopic (exact) mass is 936 g/mol. The van der Waals surface area contributed by atoms with E-state index in [9.17, 15) is 71.2 Å². The van der Waals surface area contributed by atoms with Gasteiger partial charge in [0.05, 0.1) is 37.4 Å². The molecule has 25 atom stereocenters. The Hall–Kier alpha value is -1.59. The van der Waals surface area contributed by atoms with Gasteiger partial charge in [0.1, 0.15) is 91.6 Å². The van der Waals surface area contributed by atoms with Gasteiger partial charge in [-0.25, -0.2) is 0 Å². The minimum Gasteiger partial charge on any atom is -0.432 e. The number of rotatable bonds is 11. The Morgan fingerprint density at radius 2 is 1.18 bits per heavy atom. The van der Waals surface area contributed by atoms with Gasteiger partial charge in [-0.1, -0.05) is 19.9 Å². The molecule has 0 amide bonds. The lowest BCUT2D eigenvalue weighted by atomic mass is 9.41. The smallest absolute Gasteiger partial charge is 0.314 e. The van der Waals surface area contributed by atoms with E-state index >= 15 is 0 Å². The molecule has 0 aromatic carbocycles. The minimum atomic E-state index is -1.92. The molecule has 3 unspecified atom stereocenters. The van der Waals surface area contributed by atoms with Crippen LogP contribution >= 0.6 is 0 Å². The van der Waals surface area contributed by atoms with Gasteiger partial charge in [0, 0.05) is 0 Å². The van der Waals surface area contributed by atoms with Crippen LogP contribution in [0.4, 0.5) is 0 Å². The Morgan fingerprint density at radius 3 is 1.83 bits per heavy atom. The minimum absolute atomic E-state index is 0.0488. The predicted octanol–water partition coefficient (Wildman–Crippen LogP) is -4.47. The van der Waals surface area contributed by atoms with Crippen LogP contribution in [0, 0.1) is 28.1 Å². The molecule has 1 spiro atoms. The Balaban J connectivity index is 1.06. The van der Waals surface area contributed by atoms with E-state index in [1.807, 2.05) is 6.92 Å². The lowest BCUT2D eigenvalue weighted by Gasteiger charge is -2.64. The van der Waals surface area contributed by atoms with Gasteiger partial charge in [-0.3, -0.25) is 4.79 Å². The molecule has 65 heavy (non-hydrogen) atoms. The van der Waals surface area contributed by atoms with Crippen molar-refractivity contribution in [1.29, 1.82) is 0 Å². The second-order valence-corrected chi connectivity index (χ2v) is 20.4. The summed E-state index contributed by atoms with van der Waals surface area (Å²) in [6.07, 6.45) is -26.1. The highest BCUT2D eigenvalue weighted by molar-refractivity contribution is 5.77. The molecule has 4 heterocycles. The molecule has 4 aliphatic heterocycles. The molecule has 22 heteroatoms. The van der Waals surface area contributed by atoms with Gasteiger partial charge in [0.15, 0.2) is 18.9 Å². The summed E-state index contributed by atoms with van der Waals surface area (Å²) in [5, 5.41) is 137. The van der Waals surface area contributed by atoms with Crippen LogP contribution in [0.2, 0.25) is 0 Å². The van der Waals surface area contributed by atoms with E-state index in [-0.39, 0.29) is 17.3 Å². The molecular weight excluding hydrogens is 868 g/mol. The van der Waals surface area contributed by atoms with Gasteiger partial charge in [-0.15, -0.1) is 0 Å². The number of esters is 1. The van der Waals surface area contributed by atoms with Crippen LogP contribution in [0.3, 0.4) is 0 Å². The van der Waals surface area contributed by atoms with E-state index in [2.05, 4.69) is 13.5 Å². The third kappa shape index (κ3) is 8.32. The Labute approximate surface area is 375 Å². The summed E-state index contributed by atoms with van der Waals surface area (Å²) in [7, 11) is 0. The van der Waals surface area contributed by atoms with Crippen molar-refractivity contribution in [3.63, 3.8) is 0 Å². The number of carbonyl (C=O) groups excluding carboxylic acids is 1. The van der Waals surface area contributed by atoms with Gasteiger partial charge in [-0.2, -0.15) is 0 Å². The summed E-state index contributed by atoms with van der Waals surface area (Å²) in [5.41, 5.74) is -2.19. The summed E-state index contributed by atoms with van der Waals surface area (Å²) in [4.78, 5) is 14.3. The average molecular weight is 937 g/mol. The number of ether oxygens (including phenoxy) is 8. The molecular formula is C43H68O22. The Kier molecular flexibility index (Phi) is 14.3. The average Bonchev–Trinajstić information content (AvgIpc) is 3.48. The summed E-state index contributed by atoms with van der Waals surface area (Å²) >= 11 is 0. The molecule has 0 aromatic rings. The second-order valence-electron chi connectivity index (χ2n) is 20.4. The van der Waals surface area contributed by atoms with Crippen molar-refractivity contribution in [2.24, 2.45) is 28.1 Å². The van der Waals surface area contributed by atoms with Crippen LogP contribution in [0.5, 0.6) is 0 Å². The lowest BCUT2D eigenvalue weighted by molar-refractivity contribution is -0.396. The lowest BCUT2D eigenvalue weighted by Crippen LogP contribution is -2.67. The van der Waals surface area contributed by atoms with Gasteiger partial charge < -0.3 is 104 Å².